The second-order valence-corrected chi connectivity index (χ2v) is 5.35. The molecule has 0 heterocycles. The van der Waals surface area contributed by atoms with Gasteiger partial charge in [0, 0.05) is 0 Å². The molecule has 0 nitrogen and oxygen atoms in total. The highest BCUT2D eigenvalue weighted by Gasteiger charge is 2.12. The SMILES string of the molecule is [B]P(C)C(C)(C)C. The van der Waals surface area contributed by atoms with Gasteiger partial charge in [0.25, 0.3) is 0 Å². The maximum Gasteiger partial charge on any atom is 0.109 e. The summed E-state index contributed by atoms with van der Waals surface area (Å²) < 4.78 is 0. The van der Waals surface area contributed by atoms with Crippen LogP contribution in [-0.2, 0) is 0 Å². The van der Waals surface area contributed by atoms with Gasteiger partial charge >= 0.3 is 0 Å². The Kier molecular flexibility index (Phi) is 2.33. The zero-order valence-electron chi connectivity index (χ0n) is 5.52. The predicted octanol–water partition coefficient (Wildman–Crippen LogP) is 1.98. The van der Waals surface area contributed by atoms with Gasteiger partial charge in [0.05, 0.1) is 0 Å². The van der Waals surface area contributed by atoms with Crippen molar-refractivity contribution in [2.45, 2.75) is 25.9 Å². The van der Waals surface area contributed by atoms with Gasteiger partial charge in [0.2, 0.25) is 0 Å². The summed E-state index contributed by atoms with van der Waals surface area (Å²) in [6.07, 6.45) is 0. The summed E-state index contributed by atoms with van der Waals surface area (Å²) in [4.78, 5) is 0. The van der Waals surface area contributed by atoms with Gasteiger partial charge in [-0.1, -0.05) is 27.4 Å². The number of rotatable bonds is 0. The zero-order valence-corrected chi connectivity index (χ0v) is 6.42. The summed E-state index contributed by atoms with van der Waals surface area (Å²) in [5.74, 6) is 0. The van der Waals surface area contributed by atoms with Crippen molar-refractivity contribution in [2.75, 3.05) is 6.66 Å². The summed E-state index contributed by atoms with van der Waals surface area (Å²) in [7, 11) is 5.39. The summed E-state index contributed by atoms with van der Waals surface area (Å²) in [6, 6.07) is 0. The smallest absolute Gasteiger partial charge is 0.109 e. The molecule has 2 heteroatoms. The molecule has 0 aromatic rings. The molecular formula is C5H12BP. The van der Waals surface area contributed by atoms with Gasteiger partial charge in [-0.3, -0.25) is 0 Å². The lowest BCUT2D eigenvalue weighted by atomic mass is 10.3. The maximum absolute atomic E-state index is 5.63. The molecule has 7 heavy (non-hydrogen) atoms. The molecule has 0 aromatic carbocycles. The van der Waals surface area contributed by atoms with E-state index in [-0.39, 0.29) is 7.80 Å². The van der Waals surface area contributed by atoms with E-state index >= 15 is 0 Å². The van der Waals surface area contributed by atoms with Crippen LogP contribution >= 0.6 is 7.80 Å². The van der Waals surface area contributed by atoms with E-state index in [0.29, 0.717) is 5.16 Å². The standard InChI is InChI=1S/C5H12BP/c1-5(2,3)7(4)6/h1-4H3. The topological polar surface area (TPSA) is 0 Å². The second kappa shape index (κ2) is 2.18. The van der Waals surface area contributed by atoms with E-state index in [1.165, 1.54) is 0 Å². The summed E-state index contributed by atoms with van der Waals surface area (Å²) in [5.41, 5.74) is 0. The molecule has 0 aliphatic heterocycles. The Bertz CT molecular complexity index is 53.6. The fourth-order valence-corrected chi connectivity index (χ4v) is 0. The van der Waals surface area contributed by atoms with Crippen LogP contribution in [0.25, 0.3) is 0 Å². The van der Waals surface area contributed by atoms with Crippen LogP contribution in [0.1, 0.15) is 20.8 Å². The Hall–Kier alpha value is 0.495. The fourth-order valence-electron chi connectivity index (χ4n) is 0. The second-order valence-electron chi connectivity index (χ2n) is 2.78. The Morgan fingerprint density at radius 2 is 1.43 bits per heavy atom. The fraction of sp³-hybridized carbons (Fsp3) is 1.00. The summed E-state index contributed by atoms with van der Waals surface area (Å²) >= 11 is 0. The molecule has 0 amide bonds. The highest BCUT2D eigenvalue weighted by molar-refractivity contribution is 7.82. The van der Waals surface area contributed by atoms with E-state index in [4.69, 9.17) is 7.57 Å². The minimum atomic E-state index is -0.242. The van der Waals surface area contributed by atoms with Gasteiger partial charge in [-0.25, -0.2) is 0 Å². The normalized spacial score (nSPS) is 16.6. The third-order valence-electron chi connectivity index (χ3n) is 1.06. The van der Waals surface area contributed by atoms with E-state index < -0.39 is 0 Å². The van der Waals surface area contributed by atoms with Crippen LogP contribution in [0.15, 0.2) is 0 Å². The van der Waals surface area contributed by atoms with Crippen molar-refractivity contribution in [3.05, 3.63) is 0 Å². The van der Waals surface area contributed by atoms with Gasteiger partial charge in [0.1, 0.15) is 7.57 Å². The minimum Gasteiger partial charge on any atom is -0.155 e. The van der Waals surface area contributed by atoms with Crippen LogP contribution in [0.2, 0.25) is 0 Å². The lowest BCUT2D eigenvalue weighted by Crippen LogP contribution is -2.09. The summed E-state index contributed by atoms with van der Waals surface area (Å²) in [5, 5.41) is 0.343. The van der Waals surface area contributed by atoms with Gasteiger partial charge < -0.3 is 0 Å². The first-order chi connectivity index (χ1) is 2.94. The Balaban J connectivity index is 3.54. The maximum atomic E-state index is 5.63. The van der Waals surface area contributed by atoms with Gasteiger partial charge in [-0.05, 0) is 5.16 Å². The van der Waals surface area contributed by atoms with Crippen molar-refractivity contribution in [1.29, 1.82) is 0 Å². The first-order valence-corrected chi connectivity index (χ1v) is 4.29. The van der Waals surface area contributed by atoms with E-state index in [9.17, 15) is 0 Å². The van der Waals surface area contributed by atoms with E-state index in [0.717, 1.165) is 0 Å². The van der Waals surface area contributed by atoms with Crippen molar-refractivity contribution < 1.29 is 0 Å². The van der Waals surface area contributed by atoms with Crippen LogP contribution in [-0.4, -0.2) is 19.4 Å². The lowest BCUT2D eigenvalue weighted by Gasteiger charge is -2.24. The molecule has 0 rings (SSSR count). The van der Waals surface area contributed by atoms with Crippen LogP contribution in [0, 0.1) is 0 Å². The third kappa shape index (κ3) is 3.11. The molecule has 0 aliphatic carbocycles. The van der Waals surface area contributed by atoms with E-state index in [1.807, 2.05) is 0 Å². The highest BCUT2D eigenvalue weighted by atomic mass is 31.1. The van der Waals surface area contributed by atoms with Crippen LogP contribution < -0.4 is 0 Å². The van der Waals surface area contributed by atoms with E-state index in [2.05, 4.69) is 27.4 Å². The zero-order chi connectivity index (χ0) is 6.08. The number of hydrogen-bond acceptors (Lipinski definition) is 0. The first-order valence-electron chi connectivity index (χ1n) is 2.43. The highest BCUT2D eigenvalue weighted by Crippen LogP contribution is 2.40. The van der Waals surface area contributed by atoms with Gasteiger partial charge in [0.15, 0.2) is 0 Å². The minimum absolute atomic E-state index is 0.242. The quantitative estimate of drug-likeness (QED) is 0.333. The molecule has 1 unspecified atom stereocenters. The number of hydrogen-bond donors (Lipinski definition) is 0. The van der Waals surface area contributed by atoms with Crippen molar-refractivity contribution in [3.63, 3.8) is 0 Å². The Labute approximate surface area is 48.8 Å². The molecule has 0 N–H and O–H groups in total. The molecule has 2 radical (unpaired) electrons. The molecule has 0 bridgehead atoms. The molecule has 0 aromatic heterocycles. The van der Waals surface area contributed by atoms with Crippen molar-refractivity contribution in [1.82, 2.24) is 0 Å². The van der Waals surface area contributed by atoms with Crippen LogP contribution in [0.5, 0.6) is 0 Å². The molecule has 0 saturated carbocycles. The first kappa shape index (κ1) is 7.49. The monoisotopic (exact) mass is 114 g/mol. The average Bonchev–Trinajstić information content (AvgIpc) is 1.31. The van der Waals surface area contributed by atoms with E-state index in [1.54, 1.807) is 0 Å². The molecule has 0 spiro atoms. The lowest BCUT2D eigenvalue weighted by molar-refractivity contribution is 0.794. The predicted molar refractivity (Wildman–Crippen MR) is 38.4 cm³/mol. The molecule has 0 fully saturated rings. The molecular weight excluding hydrogens is 102 g/mol. The van der Waals surface area contributed by atoms with Crippen molar-refractivity contribution >= 4 is 15.4 Å². The van der Waals surface area contributed by atoms with Gasteiger partial charge in [-0.2, -0.15) is 7.80 Å². The average molecular weight is 114 g/mol. The molecule has 1 atom stereocenters. The molecule has 0 saturated heterocycles. The Morgan fingerprint density at radius 1 is 1.29 bits per heavy atom. The molecule has 40 valence electrons. The summed E-state index contributed by atoms with van der Waals surface area (Å²) in [6.45, 7) is 8.59. The van der Waals surface area contributed by atoms with Crippen molar-refractivity contribution in [2.24, 2.45) is 0 Å². The van der Waals surface area contributed by atoms with Crippen LogP contribution in [0.3, 0.4) is 0 Å². The van der Waals surface area contributed by atoms with Crippen molar-refractivity contribution in [3.8, 4) is 0 Å². The largest absolute Gasteiger partial charge is 0.155 e. The third-order valence-corrected chi connectivity index (χ3v) is 3.17. The van der Waals surface area contributed by atoms with Crippen LogP contribution in [0.4, 0.5) is 0 Å². The molecule has 0 aliphatic rings. The Morgan fingerprint density at radius 3 is 1.43 bits per heavy atom. The van der Waals surface area contributed by atoms with Gasteiger partial charge in [-0.15, -0.1) is 0 Å².